The molecule has 0 bridgehead atoms. The number of amides is 3. The van der Waals surface area contributed by atoms with Gasteiger partial charge in [-0.3, -0.25) is 19.3 Å². The lowest BCUT2D eigenvalue weighted by Crippen LogP contribution is -2.40. The first-order valence-corrected chi connectivity index (χ1v) is 12.6. The van der Waals surface area contributed by atoms with Gasteiger partial charge in [0.1, 0.15) is 6.54 Å². The molecule has 35 heavy (non-hydrogen) atoms. The summed E-state index contributed by atoms with van der Waals surface area (Å²) in [4.78, 5) is 41.1. The number of nitrogens with zero attached hydrogens (tertiary/aromatic N) is 3. The molecule has 0 saturated carbocycles. The maximum Gasteiger partial charge on any atom is 0.294 e. The normalized spacial score (nSPS) is 17.1. The van der Waals surface area contributed by atoms with Crippen LogP contribution in [0.3, 0.4) is 0 Å². The Hall–Kier alpha value is -3.58. The lowest BCUT2D eigenvalue weighted by Gasteiger charge is -2.18. The third-order valence-electron chi connectivity index (χ3n) is 6.62. The van der Waals surface area contributed by atoms with Gasteiger partial charge in [0.2, 0.25) is 5.91 Å². The van der Waals surface area contributed by atoms with Crippen LogP contribution in [0.15, 0.2) is 65.6 Å². The molecule has 5 rings (SSSR count). The Kier molecular flexibility index (Phi) is 6.34. The fourth-order valence-electron chi connectivity index (χ4n) is 4.74. The second-order valence-corrected chi connectivity index (χ2v) is 9.92. The van der Waals surface area contributed by atoms with Crippen LogP contribution in [0.5, 0.6) is 0 Å². The van der Waals surface area contributed by atoms with E-state index in [1.807, 2.05) is 38.1 Å². The van der Waals surface area contributed by atoms with Crippen molar-refractivity contribution >= 4 is 34.9 Å². The Morgan fingerprint density at radius 1 is 0.943 bits per heavy atom. The topological polar surface area (TPSA) is 62.6 Å². The molecular formula is C28H27N3O3S. The Morgan fingerprint density at radius 2 is 1.60 bits per heavy atom. The van der Waals surface area contributed by atoms with Crippen LogP contribution in [0.4, 0.5) is 4.79 Å². The van der Waals surface area contributed by atoms with Gasteiger partial charge in [0.15, 0.2) is 0 Å². The first kappa shape index (κ1) is 23.2. The summed E-state index contributed by atoms with van der Waals surface area (Å²) >= 11 is 0.899. The number of imide groups is 1. The minimum Gasteiger partial charge on any atom is -0.341 e. The molecule has 178 valence electrons. The molecule has 2 aliphatic rings. The zero-order valence-corrected chi connectivity index (χ0v) is 20.7. The maximum absolute atomic E-state index is 13.0. The first-order valence-electron chi connectivity index (χ1n) is 11.8. The molecule has 3 amide bonds. The van der Waals surface area contributed by atoms with Crippen molar-refractivity contribution in [2.45, 2.75) is 26.7 Å². The van der Waals surface area contributed by atoms with Gasteiger partial charge in [-0.1, -0.05) is 42.5 Å². The molecule has 2 fully saturated rings. The Labute approximate surface area is 209 Å². The molecule has 6 nitrogen and oxygen atoms in total. The van der Waals surface area contributed by atoms with E-state index in [1.54, 1.807) is 11.0 Å². The average molecular weight is 486 g/mol. The lowest BCUT2D eigenvalue weighted by molar-refractivity contribution is -0.135. The van der Waals surface area contributed by atoms with Crippen molar-refractivity contribution in [2.75, 3.05) is 19.6 Å². The molecule has 0 aliphatic carbocycles. The second kappa shape index (κ2) is 9.58. The SMILES string of the molecule is Cc1cc(C=C2SC(=O)N(CC(=O)N3CCCC3)C2=O)c(C)n1-c1ccc(-c2ccccc2)cc1. The molecule has 7 heteroatoms. The highest BCUT2D eigenvalue weighted by Gasteiger charge is 2.37. The summed E-state index contributed by atoms with van der Waals surface area (Å²) in [6, 6.07) is 20.6. The third kappa shape index (κ3) is 4.56. The first-order chi connectivity index (χ1) is 16.9. The van der Waals surface area contributed by atoms with Gasteiger partial charge >= 0.3 is 0 Å². The van der Waals surface area contributed by atoms with Crippen molar-refractivity contribution < 1.29 is 14.4 Å². The summed E-state index contributed by atoms with van der Waals surface area (Å²) in [6.45, 7) is 5.24. The molecule has 0 N–H and O–H groups in total. The average Bonchev–Trinajstić information content (AvgIpc) is 3.56. The van der Waals surface area contributed by atoms with E-state index in [2.05, 4.69) is 41.0 Å². The number of thioether (sulfide) groups is 1. The van der Waals surface area contributed by atoms with E-state index in [-0.39, 0.29) is 17.7 Å². The zero-order chi connectivity index (χ0) is 24.5. The number of benzene rings is 2. The molecule has 0 spiro atoms. The van der Waals surface area contributed by atoms with E-state index < -0.39 is 5.91 Å². The van der Waals surface area contributed by atoms with Crippen LogP contribution in [0.25, 0.3) is 22.9 Å². The molecule has 0 radical (unpaired) electrons. The molecule has 2 aromatic carbocycles. The van der Waals surface area contributed by atoms with E-state index in [1.165, 1.54) is 5.56 Å². The summed E-state index contributed by atoms with van der Waals surface area (Å²) in [5.41, 5.74) is 6.24. The van der Waals surface area contributed by atoms with Gasteiger partial charge in [0, 0.05) is 30.2 Å². The van der Waals surface area contributed by atoms with Gasteiger partial charge in [0.25, 0.3) is 11.1 Å². The predicted molar refractivity (Wildman–Crippen MR) is 139 cm³/mol. The number of likely N-dealkylation sites (tertiary alicyclic amines) is 1. The Bertz CT molecular complexity index is 1320. The van der Waals surface area contributed by atoms with Gasteiger partial charge in [-0.25, -0.2) is 0 Å². The van der Waals surface area contributed by atoms with Gasteiger partial charge in [0.05, 0.1) is 4.91 Å². The van der Waals surface area contributed by atoms with Crippen molar-refractivity contribution in [2.24, 2.45) is 0 Å². The number of rotatable bonds is 5. The smallest absolute Gasteiger partial charge is 0.294 e. The van der Waals surface area contributed by atoms with Crippen molar-refractivity contribution in [3.63, 3.8) is 0 Å². The number of hydrogen-bond acceptors (Lipinski definition) is 4. The predicted octanol–water partition coefficient (Wildman–Crippen LogP) is 5.42. The Morgan fingerprint density at radius 3 is 2.29 bits per heavy atom. The van der Waals surface area contributed by atoms with Crippen LogP contribution in [0, 0.1) is 13.8 Å². The van der Waals surface area contributed by atoms with Crippen molar-refractivity contribution in [3.8, 4) is 16.8 Å². The van der Waals surface area contributed by atoms with E-state index in [0.717, 1.165) is 57.7 Å². The van der Waals surface area contributed by atoms with Crippen LogP contribution in [-0.4, -0.2) is 51.1 Å². The highest BCUT2D eigenvalue weighted by atomic mass is 32.2. The fourth-order valence-corrected chi connectivity index (χ4v) is 5.57. The molecule has 1 aromatic heterocycles. The van der Waals surface area contributed by atoms with Crippen molar-refractivity contribution in [3.05, 3.63) is 82.5 Å². The molecule has 3 aromatic rings. The molecule has 0 unspecified atom stereocenters. The quantitative estimate of drug-likeness (QED) is 0.453. The van der Waals surface area contributed by atoms with Crippen molar-refractivity contribution in [1.29, 1.82) is 0 Å². The monoisotopic (exact) mass is 485 g/mol. The fraction of sp³-hybridized carbons (Fsp3) is 0.250. The van der Waals surface area contributed by atoms with E-state index in [4.69, 9.17) is 0 Å². The standard InChI is InChI=1S/C28H27N3O3S/c1-19-16-23(17-25-27(33)30(28(34)35-25)18-26(32)29-14-6-7-15-29)20(2)31(19)24-12-10-22(11-13-24)21-8-4-3-5-9-21/h3-5,8-13,16-17H,6-7,14-15,18H2,1-2H3. The van der Waals surface area contributed by atoms with Crippen LogP contribution in [0.1, 0.15) is 29.8 Å². The lowest BCUT2D eigenvalue weighted by atomic mass is 10.1. The molecule has 3 heterocycles. The summed E-state index contributed by atoms with van der Waals surface area (Å²) < 4.78 is 2.14. The van der Waals surface area contributed by atoms with E-state index in [0.29, 0.717) is 18.0 Å². The largest absolute Gasteiger partial charge is 0.341 e. The third-order valence-corrected chi connectivity index (χ3v) is 7.52. The van der Waals surface area contributed by atoms with Crippen LogP contribution >= 0.6 is 11.8 Å². The number of aryl methyl sites for hydroxylation is 1. The van der Waals surface area contributed by atoms with E-state index >= 15 is 0 Å². The van der Waals surface area contributed by atoms with Crippen LogP contribution in [-0.2, 0) is 9.59 Å². The van der Waals surface area contributed by atoms with Crippen LogP contribution in [0.2, 0.25) is 0 Å². The number of hydrogen-bond donors (Lipinski definition) is 0. The summed E-state index contributed by atoms with van der Waals surface area (Å²) in [5, 5.41) is -0.390. The Balaban J connectivity index is 1.37. The van der Waals surface area contributed by atoms with E-state index in [9.17, 15) is 14.4 Å². The second-order valence-electron chi connectivity index (χ2n) is 8.93. The molecular weight excluding hydrogens is 458 g/mol. The highest BCUT2D eigenvalue weighted by molar-refractivity contribution is 8.18. The van der Waals surface area contributed by atoms with Crippen molar-refractivity contribution in [1.82, 2.24) is 14.4 Å². The minimum absolute atomic E-state index is 0.164. The molecule has 2 saturated heterocycles. The number of aromatic nitrogens is 1. The minimum atomic E-state index is -0.399. The zero-order valence-electron chi connectivity index (χ0n) is 19.9. The maximum atomic E-state index is 13.0. The number of carbonyl (C=O) groups excluding carboxylic acids is 3. The summed E-state index contributed by atoms with van der Waals surface area (Å²) in [7, 11) is 0. The molecule has 2 aliphatic heterocycles. The van der Waals surface area contributed by atoms with Gasteiger partial charge < -0.3 is 9.47 Å². The summed E-state index contributed by atoms with van der Waals surface area (Å²) in [5.74, 6) is -0.562. The number of carbonyl (C=O) groups is 3. The van der Waals surface area contributed by atoms with Crippen LogP contribution < -0.4 is 0 Å². The molecule has 0 atom stereocenters. The van der Waals surface area contributed by atoms with Gasteiger partial charge in [-0.15, -0.1) is 0 Å². The van der Waals surface area contributed by atoms with Gasteiger partial charge in [-0.05, 0) is 79.4 Å². The highest BCUT2D eigenvalue weighted by Crippen LogP contribution is 2.34. The van der Waals surface area contributed by atoms with Gasteiger partial charge in [-0.2, -0.15) is 0 Å². The summed E-state index contributed by atoms with van der Waals surface area (Å²) in [6.07, 6.45) is 3.71.